The first kappa shape index (κ1) is 14.7. The van der Waals surface area contributed by atoms with Gasteiger partial charge in [-0.2, -0.15) is 4.98 Å². The number of hydrogen-bond donors (Lipinski definition) is 2. The molecule has 6 nitrogen and oxygen atoms in total. The highest BCUT2D eigenvalue weighted by atomic mass is 35.5. The molecule has 1 rings (SSSR count). The molecular formula is C11H17ClN4O2. The van der Waals surface area contributed by atoms with Gasteiger partial charge in [0.2, 0.25) is 17.7 Å². The van der Waals surface area contributed by atoms with Crippen molar-refractivity contribution >= 4 is 23.5 Å². The quantitative estimate of drug-likeness (QED) is 0.792. The van der Waals surface area contributed by atoms with Crippen LogP contribution in [0, 0.1) is 5.92 Å². The number of nitrogens with two attached hydrogens (primary N) is 1. The molecule has 0 unspecified atom stereocenters. The van der Waals surface area contributed by atoms with Crippen molar-refractivity contribution in [3.8, 4) is 5.88 Å². The summed E-state index contributed by atoms with van der Waals surface area (Å²) >= 11 is 5.76. The molecule has 0 bridgehead atoms. The third-order valence-corrected chi connectivity index (χ3v) is 2.37. The Morgan fingerprint density at radius 2 is 2.22 bits per heavy atom. The predicted molar refractivity (Wildman–Crippen MR) is 69.7 cm³/mol. The molecule has 0 saturated carbocycles. The van der Waals surface area contributed by atoms with Crippen LogP contribution in [0.3, 0.4) is 0 Å². The van der Waals surface area contributed by atoms with Gasteiger partial charge in [0.25, 0.3) is 0 Å². The Hall–Kier alpha value is -1.40. The van der Waals surface area contributed by atoms with Gasteiger partial charge in [0.05, 0.1) is 13.2 Å². The Kier molecular flexibility index (Phi) is 5.30. The van der Waals surface area contributed by atoms with E-state index in [1.807, 2.05) is 13.8 Å². The van der Waals surface area contributed by atoms with Gasteiger partial charge in [-0.25, -0.2) is 4.98 Å². The van der Waals surface area contributed by atoms with Crippen molar-refractivity contribution in [3.63, 3.8) is 0 Å². The molecule has 0 saturated heterocycles. The van der Waals surface area contributed by atoms with Crippen molar-refractivity contribution in [1.82, 2.24) is 9.97 Å². The lowest BCUT2D eigenvalue weighted by molar-refractivity contribution is -0.117. The van der Waals surface area contributed by atoms with Crippen LogP contribution in [0.25, 0.3) is 0 Å². The normalized spacial score (nSPS) is 12.3. The molecule has 1 aromatic heterocycles. The molecule has 7 heteroatoms. The molecule has 0 spiro atoms. The number of ether oxygens (including phenoxy) is 1. The highest BCUT2D eigenvalue weighted by molar-refractivity contribution is 6.29. The molecule has 0 fully saturated rings. The first-order valence-electron chi connectivity index (χ1n) is 5.57. The molecule has 0 aliphatic heterocycles. The van der Waals surface area contributed by atoms with Crippen molar-refractivity contribution in [2.75, 3.05) is 12.4 Å². The number of halogens is 1. The zero-order valence-corrected chi connectivity index (χ0v) is 11.4. The summed E-state index contributed by atoms with van der Waals surface area (Å²) in [5.74, 6) is 0.361. The van der Waals surface area contributed by atoms with E-state index in [1.54, 1.807) is 0 Å². The van der Waals surface area contributed by atoms with Crippen molar-refractivity contribution in [2.24, 2.45) is 11.7 Å². The average Bonchev–Trinajstić information content (AvgIpc) is 2.27. The fourth-order valence-corrected chi connectivity index (χ4v) is 1.55. The summed E-state index contributed by atoms with van der Waals surface area (Å²) in [6.45, 7) is 3.98. The highest BCUT2D eigenvalue weighted by Gasteiger charge is 2.16. The van der Waals surface area contributed by atoms with Crippen LogP contribution in [0.15, 0.2) is 6.07 Å². The fourth-order valence-electron chi connectivity index (χ4n) is 1.38. The summed E-state index contributed by atoms with van der Waals surface area (Å²) in [5, 5.41) is 2.70. The van der Waals surface area contributed by atoms with Crippen LogP contribution in [0.1, 0.15) is 20.3 Å². The smallest absolute Gasteiger partial charge is 0.243 e. The molecule has 100 valence electrons. The van der Waals surface area contributed by atoms with E-state index in [0.29, 0.717) is 12.3 Å². The largest absolute Gasteiger partial charge is 0.481 e. The van der Waals surface area contributed by atoms with Gasteiger partial charge in [-0.15, -0.1) is 0 Å². The third-order valence-electron chi connectivity index (χ3n) is 2.18. The second kappa shape index (κ2) is 6.51. The van der Waals surface area contributed by atoms with Gasteiger partial charge in [-0.3, -0.25) is 10.1 Å². The van der Waals surface area contributed by atoms with E-state index in [0.717, 1.165) is 0 Å². The maximum atomic E-state index is 11.8. The monoisotopic (exact) mass is 272 g/mol. The Labute approximate surface area is 111 Å². The van der Waals surface area contributed by atoms with E-state index in [2.05, 4.69) is 15.3 Å². The minimum Gasteiger partial charge on any atom is -0.481 e. The molecule has 3 N–H and O–H groups in total. The van der Waals surface area contributed by atoms with Gasteiger partial charge in [0, 0.05) is 6.07 Å². The predicted octanol–water partition coefficient (Wildman–Crippen LogP) is 1.45. The lowest BCUT2D eigenvalue weighted by Gasteiger charge is -2.13. The van der Waals surface area contributed by atoms with Gasteiger partial charge in [0.1, 0.15) is 5.15 Å². The number of aromatic nitrogens is 2. The second-order valence-corrected chi connectivity index (χ2v) is 4.67. The Morgan fingerprint density at radius 3 is 2.78 bits per heavy atom. The van der Waals surface area contributed by atoms with E-state index in [1.165, 1.54) is 13.2 Å². The number of hydrogen-bond acceptors (Lipinski definition) is 5. The van der Waals surface area contributed by atoms with E-state index in [-0.39, 0.29) is 22.9 Å². The summed E-state index contributed by atoms with van der Waals surface area (Å²) in [5.41, 5.74) is 5.74. The average molecular weight is 273 g/mol. The standard InChI is InChI=1S/C11H17ClN4O2/c1-6(2)4-7(13)10(17)16-11-14-8(12)5-9(15-11)18-3/h5-7H,4,13H2,1-3H3,(H,14,15,16,17)/t7-/m1/s1. The van der Waals surface area contributed by atoms with E-state index >= 15 is 0 Å². The van der Waals surface area contributed by atoms with Gasteiger partial charge < -0.3 is 10.5 Å². The summed E-state index contributed by atoms with van der Waals surface area (Å²) in [6.07, 6.45) is 0.587. The van der Waals surface area contributed by atoms with Crippen LogP contribution >= 0.6 is 11.6 Å². The van der Waals surface area contributed by atoms with Crippen molar-refractivity contribution in [3.05, 3.63) is 11.2 Å². The van der Waals surface area contributed by atoms with Crippen molar-refractivity contribution < 1.29 is 9.53 Å². The van der Waals surface area contributed by atoms with E-state index in [4.69, 9.17) is 22.1 Å². The topological polar surface area (TPSA) is 90.1 Å². The van der Waals surface area contributed by atoms with Gasteiger partial charge in [-0.05, 0) is 12.3 Å². The number of rotatable bonds is 5. The van der Waals surface area contributed by atoms with E-state index < -0.39 is 6.04 Å². The van der Waals surface area contributed by atoms with Crippen LogP contribution in [0.4, 0.5) is 5.95 Å². The number of nitrogens with one attached hydrogen (secondary N) is 1. The van der Waals surface area contributed by atoms with Gasteiger partial charge in [0.15, 0.2) is 0 Å². The van der Waals surface area contributed by atoms with Crippen LogP contribution < -0.4 is 15.8 Å². The first-order valence-corrected chi connectivity index (χ1v) is 5.95. The van der Waals surface area contributed by atoms with Gasteiger partial charge >= 0.3 is 0 Å². The molecule has 1 aromatic rings. The highest BCUT2D eigenvalue weighted by Crippen LogP contribution is 2.16. The Balaban J connectivity index is 2.72. The lowest BCUT2D eigenvalue weighted by Crippen LogP contribution is -2.37. The lowest BCUT2D eigenvalue weighted by atomic mass is 10.0. The minimum absolute atomic E-state index is 0.0866. The summed E-state index contributed by atoms with van der Waals surface area (Å²) < 4.78 is 4.92. The molecule has 0 aliphatic carbocycles. The zero-order valence-electron chi connectivity index (χ0n) is 10.6. The molecule has 0 radical (unpaired) electrons. The van der Waals surface area contributed by atoms with Crippen molar-refractivity contribution in [1.29, 1.82) is 0 Å². The second-order valence-electron chi connectivity index (χ2n) is 4.28. The third kappa shape index (κ3) is 4.46. The molecule has 1 atom stereocenters. The Morgan fingerprint density at radius 1 is 1.56 bits per heavy atom. The first-order chi connectivity index (χ1) is 8.42. The minimum atomic E-state index is -0.599. The molecule has 0 aliphatic rings. The summed E-state index contributed by atoms with van der Waals surface area (Å²) in [6, 6.07) is 0.851. The fraction of sp³-hybridized carbons (Fsp3) is 0.545. The zero-order chi connectivity index (χ0) is 13.7. The summed E-state index contributed by atoms with van der Waals surface area (Å²) in [4.78, 5) is 19.6. The maximum Gasteiger partial charge on any atom is 0.243 e. The number of methoxy groups -OCH3 is 1. The Bertz CT molecular complexity index is 426. The number of anilines is 1. The van der Waals surface area contributed by atoms with Gasteiger partial charge in [-0.1, -0.05) is 25.4 Å². The van der Waals surface area contributed by atoms with Crippen LogP contribution in [0.5, 0.6) is 5.88 Å². The van der Waals surface area contributed by atoms with Crippen LogP contribution in [-0.2, 0) is 4.79 Å². The molecule has 1 amide bonds. The number of nitrogens with zero attached hydrogens (tertiary/aromatic N) is 2. The van der Waals surface area contributed by atoms with Crippen LogP contribution in [-0.4, -0.2) is 29.0 Å². The molecule has 18 heavy (non-hydrogen) atoms. The maximum absolute atomic E-state index is 11.8. The number of carbonyl (C=O) groups excluding carboxylic acids is 1. The van der Waals surface area contributed by atoms with E-state index in [9.17, 15) is 4.79 Å². The summed E-state index contributed by atoms with van der Waals surface area (Å²) in [7, 11) is 1.45. The van der Waals surface area contributed by atoms with Crippen LogP contribution in [0.2, 0.25) is 5.15 Å². The number of carbonyl (C=O) groups is 1. The number of amides is 1. The SMILES string of the molecule is COc1cc(Cl)nc(NC(=O)[C@H](N)CC(C)C)n1. The van der Waals surface area contributed by atoms with Crippen molar-refractivity contribution in [2.45, 2.75) is 26.3 Å². The molecule has 1 heterocycles. The molecule has 0 aromatic carbocycles. The molecular weight excluding hydrogens is 256 g/mol.